The van der Waals surface area contributed by atoms with E-state index in [4.69, 9.17) is 9.16 Å². The first-order valence-corrected chi connectivity index (χ1v) is 17.2. The van der Waals surface area contributed by atoms with Crippen molar-refractivity contribution < 1.29 is 9.16 Å². The van der Waals surface area contributed by atoms with Crippen LogP contribution in [-0.2, 0) is 17.5 Å². The number of fused-ring (bicyclic) bond motifs is 1. The second-order valence-electron chi connectivity index (χ2n) is 11.5. The number of ether oxygens (including phenoxy) is 1. The standard InChI is InChI=1S/C32H39BrN2O3Si/c1-32(2,3)39(4,5)38-29(21-34-20-19-23-11-13-25(33)14-12-23)26-15-17-28(31-27(26)16-18-30(36)35-31)37-22-24-9-7-6-8-10-24/h6-18,29,34H,19-22H2,1-5H3,(H,35,36)/t29-/m0/s1. The van der Waals surface area contributed by atoms with E-state index in [1.807, 2.05) is 42.5 Å². The smallest absolute Gasteiger partial charge is 0.248 e. The molecule has 1 heterocycles. The van der Waals surface area contributed by atoms with Crippen molar-refractivity contribution >= 4 is 35.2 Å². The molecule has 2 N–H and O–H groups in total. The van der Waals surface area contributed by atoms with Crippen LogP contribution in [0.4, 0.5) is 0 Å². The molecule has 0 aliphatic carbocycles. The Morgan fingerprint density at radius 3 is 2.33 bits per heavy atom. The third-order valence-corrected chi connectivity index (χ3v) is 12.6. The lowest BCUT2D eigenvalue weighted by Gasteiger charge is -2.39. The van der Waals surface area contributed by atoms with Crippen LogP contribution in [0.3, 0.4) is 0 Å². The van der Waals surface area contributed by atoms with Crippen molar-refractivity contribution in [2.75, 3.05) is 13.1 Å². The Bertz CT molecular complexity index is 1430. The van der Waals surface area contributed by atoms with Gasteiger partial charge in [-0.05, 0) is 72.1 Å². The molecule has 1 atom stereocenters. The number of hydrogen-bond acceptors (Lipinski definition) is 4. The van der Waals surface area contributed by atoms with Crippen molar-refractivity contribution in [3.05, 3.63) is 110 Å². The fourth-order valence-electron chi connectivity index (χ4n) is 4.25. The number of aromatic nitrogens is 1. The Kier molecular flexibility index (Phi) is 9.49. The number of halogens is 1. The molecule has 0 aliphatic heterocycles. The van der Waals surface area contributed by atoms with Gasteiger partial charge in [0.1, 0.15) is 12.4 Å². The molecule has 0 saturated heterocycles. The molecule has 0 radical (unpaired) electrons. The van der Waals surface area contributed by atoms with E-state index in [1.165, 1.54) is 5.56 Å². The Morgan fingerprint density at radius 1 is 0.923 bits per heavy atom. The summed E-state index contributed by atoms with van der Waals surface area (Å²) in [6, 6.07) is 26.0. The molecule has 3 aromatic carbocycles. The largest absolute Gasteiger partial charge is 0.487 e. The molecule has 4 aromatic rings. The van der Waals surface area contributed by atoms with E-state index in [1.54, 1.807) is 6.07 Å². The van der Waals surface area contributed by atoms with Crippen molar-refractivity contribution in [3.63, 3.8) is 0 Å². The van der Waals surface area contributed by atoms with Gasteiger partial charge in [-0.1, -0.05) is 85.2 Å². The number of H-pyrrole nitrogens is 1. The maximum absolute atomic E-state index is 12.4. The number of aromatic amines is 1. The first kappa shape index (κ1) is 29.3. The molecule has 0 amide bonds. The summed E-state index contributed by atoms with van der Waals surface area (Å²) in [6.45, 7) is 13.3. The topological polar surface area (TPSA) is 63.4 Å². The molecule has 4 rings (SSSR count). The van der Waals surface area contributed by atoms with E-state index in [0.29, 0.717) is 24.4 Å². The highest BCUT2D eigenvalue weighted by molar-refractivity contribution is 9.10. The monoisotopic (exact) mass is 606 g/mol. The van der Waals surface area contributed by atoms with Gasteiger partial charge >= 0.3 is 0 Å². The summed E-state index contributed by atoms with van der Waals surface area (Å²) in [4.78, 5) is 15.4. The number of rotatable bonds is 11. The minimum absolute atomic E-state index is 0.0610. The normalized spacial score (nSPS) is 13.0. The van der Waals surface area contributed by atoms with Crippen LogP contribution in [0.1, 0.15) is 43.6 Å². The second-order valence-corrected chi connectivity index (χ2v) is 17.2. The van der Waals surface area contributed by atoms with Gasteiger partial charge in [0.25, 0.3) is 0 Å². The quantitative estimate of drug-likeness (QED) is 0.135. The number of hydrogen-bond donors (Lipinski definition) is 2. The molecule has 0 spiro atoms. The zero-order chi connectivity index (χ0) is 28.0. The molecule has 0 fully saturated rings. The van der Waals surface area contributed by atoms with Crippen molar-refractivity contribution in [2.45, 2.75) is 58.0 Å². The average molecular weight is 608 g/mol. The predicted octanol–water partition coefficient (Wildman–Crippen LogP) is 7.76. The van der Waals surface area contributed by atoms with E-state index in [0.717, 1.165) is 34.0 Å². The summed E-state index contributed by atoms with van der Waals surface area (Å²) in [5.41, 5.74) is 3.96. The molecule has 7 heteroatoms. The van der Waals surface area contributed by atoms with Gasteiger partial charge < -0.3 is 19.5 Å². The van der Waals surface area contributed by atoms with E-state index >= 15 is 0 Å². The lowest BCUT2D eigenvalue weighted by atomic mass is 10.0. The summed E-state index contributed by atoms with van der Waals surface area (Å²) >= 11 is 3.51. The van der Waals surface area contributed by atoms with Crippen molar-refractivity contribution in [1.29, 1.82) is 0 Å². The fourth-order valence-corrected chi connectivity index (χ4v) is 5.79. The zero-order valence-corrected chi connectivity index (χ0v) is 26.1. The first-order valence-electron chi connectivity index (χ1n) is 13.5. The summed E-state index contributed by atoms with van der Waals surface area (Å²) in [6.07, 6.45) is 0.757. The molecule has 1 aromatic heterocycles. The number of pyridine rings is 1. The number of benzene rings is 3. The minimum atomic E-state index is -2.10. The molecule has 0 bridgehead atoms. The fraction of sp³-hybridized carbons (Fsp3) is 0.344. The zero-order valence-electron chi connectivity index (χ0n) is 23.5. The van der Waals surface area contributed by atoms with Gasteiger partial charge in [-0.3, -0.25) is 4.79 Å². The maximum Gasteiger partial charge on any atom is 0.248 e. The van der Waals surface area contributed by atoms with Gasteiger partial charge in [0, 0.05) is 22.5 Å². The van der Waals surface area contributed by atoms with Crippen LogP contribution in [0.15, 0.2) is 88.1 Å². The van der Waals surface area contributed by atoms with Crippen molar-refractivity contribution in [1.82, 2.24) is 10.3 Å². The third kappa shape index (κ3) is 7.69. The van der Waals surface area contributed by atoms with Gasteiger partial charge in [-0.25, -0.2) is 0 Å². The summed E-state index contributed by atoms with van der Waals surface area (Å²) < 4.78 is 14.3. The van der Waals surface area contributed by atoms with Gasteiger partial charge in [0.2, 0.25) is 5.56 Å². The molecular weight excluding hydrogens is 568 g/mol. The lowest BCUT2D eigenvalue weighted by Crippen LogP contribution is -2.43. The highest BCUT2D eigenvalue weighted by Crippen LogP contribution is 2.41. The van der Waals surface area contributed by atoms with E-state index in [2.05, 4.69) is 90.4 Å². The Labute approximate surface area is 241 Å². The molecule has 0 saturated carbocycles. The van der Waals surface area contributed by atoms with Gasteiger partial charge in [0.15, 0.2) is 8.32 Å². The van der Waals surface area contributed by atoms with Crippen molar-refractivity contribution in [2.24, 2.45) is 0 Å². The van der Waals surface area contributed by atoms with E-state index in [9.17, 15) is 4.79 Å². The molecular formula is C32H39BrN2O3Si. The Balaban J connectivity index is 1.61. The van der Waals surface area contributed by atoms with E-state index in [-0.39, 0.29) is 16.7 Å². The van der Waals surface area contributed by atoms with Crippen LogP contribution in [0.5, 0.6) is 5.75 Å². The number of nitrogens with one attached hydrogen (secondary N) is 2. The summed E-state index contributed by atoms with van der Waals surface area (Å²) in [5.74, 6) is 0.657. The van der Waals surface area contributed by atoms with E-state index < -0.39 is 8.32 Å². The summed E-state index contributed by atoms with van der Waals surface area (Å²) in [7, 11) is -2.10. The molecule has 0 unspecified atom stereocenters. The highest BCUT2D eigenvalue weighted by atomic mass is 79.9. The first-order chi connectivity index (χ1) is 18.5. The van der Waals surface area contributed by atoms with Crippen LogP contribution in [-0.4, -0.2) is 26.4 Å². The molecule has 0 aliphatic rings. The molecule has 39 heavy (non-hydrogen) atoms. The van der Waals surface area contributed by atoms with Crippen LogP contribution < -0.4 is 15.6 Å². The Morgan fingerprint density at radius 2 is 1.64 bits per heavy atom. The van der Waals surface area contributed by atoms with Crippen LogP contribution in [0.25, 0.3) is 10.9 Å². The van der Waals surface area contributed by atoms with Gasteiger partial charge in [-0.2, -0.15) is 0 Å². The van der Waals surface area contributed by atoms with Crippen LogP contribution in [0, 0.1) is 0 Å². The third-order valence-electron chi connectivity index (χ3n) is 7.55. The molecule has 206 valence electrons. The van der Waals surface area contributed by atoms with Gasteiger partial charge in [-0.15, -0.1) is 0 Å². The van der Waals surface area contributed by atoms with Crippen LogP contribution >= 0.6 is 15.9 Å². The molecule has 5 nitrogen and oxygen atoms in total. The highest BCUT2D eigenvalue weighted by Gasteiger charge is 2.39. The predicted molar refractivity (Wildman–Crippen MR) is 167 cm³/mol. The lowest BCUT2D eigenvalue weighted by molar-refractivity contribution is 0.182. The van der Waals surface area contributed by atoms with Crippen LogP contribution in [0.2, 0.25) is 18.1 Å². The summed E-state index contributed by atoms with van der Waals surface area (Å²) in [5, 5.41) is 4.64. The minimum Gasteiger partial charge on any atom is -0.487 e. The van der Waals surface area contributed by atoms with Crippen molar-refractivity contribution in [3.8, 4) is 5.75 Å². The SMILES string of the molecule is CC(C)(C)[Si](C)(C)O[C@@H](CNCCc1ccc(Br)cc1)c1ccc(OCc2ccccc2)c2[nH]c(=O)ccc12. The Hall–Kier alpha value is -2.71. The maximum atomic E-state index is 12.4. The van der Waals surface area contributed by atoms with Gasteiger partial charge in [0.05, 0.1) is 11.6 Å². The second kappa shape index (κ2) is 12.6. The average Bonchev–Trinajstić information content (AvgIpc) is 2.90.